The van der Waals surface area contributed by atoms with Crippen molar-refractivity contribution in [2.75, 3.05) is 12.4 Å². The molecule has 0 unspecified atom stereocenters. The van der Waals surface area contributed by atoms with Crippen molar-refractivity contribution >= 4 is 34.6 Å². The summed E-state index contributed by atoms with van der Waals surface area (Å²) in [6.45, 7) is 1.30. The van der Waals surface area contributed by atoms with E-state index < -0.39 is 30.0 Å². The second-order valence-electron chi connectivity index (χ2n) is 7.30. The first-order chi connectivity index (χ1) is 16.4. The standard InChI is InChI=1S/C23H25N5O5S/c1-15(19(24)29)28(23(31)33-14-17-11-7-4-8-12-17)20(30)18(13-16-9-5-3-6-10-16)25-22-26-21(32-2)27-34-22/h3-12,15,18H,13-14H2,1-2H3,(H2,24,29)(H,25,26,27)/t15-,18-/m0/s1. The van der Waals surface area contributed by atoms with Gasteiger partial charge in [0.15, 0.2) is 0 Å². The Hall–Kier alpha value is -3.99. The minimum absolute atomic E-state index is 0.0701. The highest BCUT2D eigenvalue weighted by molar-refractivity contribution is 7.09. The predicted molar refractivity (Wildman–Crippen MR) is 126 cm³/mol. The molecule has 0 saturated carbocycles. The first-order valence-electron chi connectivity index (χ1n) is 10.4. The van der Waals surface area contributed by atoms with Crippen molar-refractivity contribution in [1.82, 2.24) is 14.3 Å². The Morgan fingerprint density at radius 2 is 1.68 bits per heavy atom. The van der Waals surface area contributed by atoms with Gasteiger partial charge >= 0.3 is 12.1 Å². The van der Waals surface area contributed by atoms with Gasteiger partial charge in [0.1, 0.15) is 18.7 Å². The molecule has 10 nitrogen and oxygen atoms in total. The highest BCUT2D eigenvalue weighted by Gasteiger charge is 2.36. The predicted octanol–water partition coefficient (Wildman–Crippen LogP) is 2.61. The number of nitrogens with zero attached hydrogens (tertiary/aromatic N) is 3. The Balaban J connectivity index is 1.86. The van der Waals surface area contributed by atoms with Crippen LogP contribution in [0.15, 0.2) is 60.7 Å². The van der Waals surface area contributed by atoms with Crippen LogP contribution in [0.25, 0.3) is 0 Å². The quantitative estimate of drug-likeness (QED) is 0.449. The van der Waals surface area contributed by atoms with E-state index in [1.165, 1.54) is 14.0 Å². The van der Waals surface area contributed by atoms with E-state index in [-0.39, 0.29) is 19.0 Å². The molecule has 0 fully saturated rings. The SMILES string of the molecule is COc1nsc(N[C@@H](Cc2ccccc2)C(=O)N(C(=O)OCc2ccccc2)[C@@H](C)C(N)=O)n1. The van der Waals surface area contributed by atoms with Gasteiger partial charge in [-0.15, -0.1) is 4.37 Å². The Kier molecular flexibility index (Phi) is 8.52. The summed E-state index contributed by atoms with van der Waals surface area (Å²) < 4.78 is 14.4. The summed E-state index contributed by atoms with van der Waals surface area (Å²) in [5.41, 5.74) is 7.01. The second kappa shape index (κ2) is 11.8. The number of hydrogen-bond acceptors (Lipinski definition) is 9. The lowest BCUT2D eigenvalue weighted by molar-refractivity contribution is -0.137. The lowest BCUT2D eigenvalue weighted by Crippen LogP contribution is -2.54. The summed E-state index contributed by atoms with van der Waals surface area (Å²) in [6, 6.07) is 16.1. The van der Waals surface area contributed by atoms with Crippen molar-refractivity contribution < 1.29 is 23.9 Å². The summed E-state index contributed by atoms with van der Waals surface area (Å²) in [4.78, 5) is 43.4. The molecule has 0 spiro atoms. The molecule has 0 bridgehead atoms. The zero-order valence-corrected chi connectivity index (χ0v) is 19.5. The van der Waals surface area contributed by atoms with Crippen LogP contribution in [0.3, 0.4) is 0 Å². The third kappa shape index (κ3) is 6.51. The average Bonchev–Trinajstić information content (AvgIpc) is 3.31. The van der Waals surface area contributed by atoms with E-state index in [0.717, 1.165) is 27.6 Å². The number of nitrogens with two attached hydrogens (primary N) is 1. The lowest BCUT2D eigenvalue weighted by Gasteiger charge is -2.29. The van der Waals surface area contributed by atoms with E-state index in [2.05, 4.69) is 14.7 Å². The maximum atomic E-state index is 13.6. The fraction of sp³-hybridized carbons (Fsp3) is 0.261. The molecule has 0 radical (unpaired) electrons. The summed E-state index contributed by atoms with van der Waals surface area (Å²) in [7, 11) is 1.43. The molecular weight excluding hydrogens is 458 g/mol. The molecule has 11 heteroatoms. The Labute approximate surface area is 200 Å². The Morgan fingerprint density at radius 3 is 2.24 bits per heavy atom. The van der Waals surface area contributed by atoms with Gasteiger partial charge in [-0.2, -0.15) is 4.98 Å². The summed E-state index contributed by atoms with van der Waals surface area (Å²) in [5, 5.41) is 3.31. The topological polar surface area (TPSA) is 137 Å². The maximum absolute atomic E-state index is 13.6. The molecular formula is C23H25N5O5S. The molecule has 3 amide bonds. The molecule has 2 atom stereocenters. The molecule has 34 heavy (non-hydrogen) atoms. The van der Waals surface area contributed by atoms with Crippen LogP contribution in [0.4, 0.5) is 9.93 Å². The van der Waals surface area contributed by atoms with Gasteiger partial charge in [0.2, 0.25) is 11.0 Å². The fourth-order valence-electron chi connectivity index (χ4n) is 3.07. The summed E-state index contributed by atoms with van der Waals surface area (Å²) in [5.74, 6) is -1.54. The van der Waals surface area contributed by atoms with E-state index in [9.17, 15) is 14.4 Å². The maximum Gasteiger partial charge on any atom is 0.417 e. The minimum atomic E-state index is -1.24. The van der Waals surface area contributed by atoms with Crippen LogP contribution >= 0.6 is 11.5 Å². The number of rotatable bonds is 10. The smallest absolute Gasteiger partial charge is 0.417 e. The summed E-state index contributed by atoms with van der Waals surface area (Å²) in [6.07, 6.45) is -0.773. The number of carbonyl (C=O) groups is 3. The van der Waals surface area contributed by atoms with Crippen molar-refractivity contribution in [2.45, 2.75) is 32.0 Å². The van der Waals surface area contributed by atoms with Crippen LogP contribution in [-0.4, -0.2) is 51.4 Å². The van der Waals surface area contributed by atoms with Crippen LogP contribution in [0.5, 0.6) is 6.01 Å². The van der Waals surface area contributed by atoms with Crippen LogP contribution in [0.2, 0.25) is 0 Å². The largest absolute Gasteiger partial charge is 0.466 e. The van der Waals surface area contributed by atoms with Gasteiger partial charge in [0.05, 0.1) is 7.11 Å². The molecule has 0 saturated heterocycles. The van der Waals surface area contributed by atoms with Gasteiger partial charge in [-0.25, -0.2) is 9.69 Å². The summed E-state index contributed by atoms with van der Waals surface area (Å²) >= 11 is 0.997. The number of hydrogen-bond donors (Lipinski definition) is 2. The van der Waals surface area contributed by atoms with Gasteiger partial charge in [0, 0.05) is 18.0 Å². The van der Waals surface area contributed by atoms with Crippen molar-refractivity contribution in [2.24, 2.45) is 5.73 Å². The number of aromatic nitrogens is 2. The Bertz CT molecular complexity index is 1110. The molecule has 0 aliphatic heterocycles. The number of primary amides is 1. The number of carbonyl (C=O) groups excluding carboxylic acids is 3. The highest BCUT2D eigenvalue weighted by atomic mass is 32.1. The first kappa shape index (κ1) is 24.6. The van der Waals surface area contributed by atoms with Crippen LogP contribution in [0.1, 0.15) is 18.1 Å². The number of benzene rings is 2. The molecule has 178 valence electrons. The zero-order chi connectivity index (χ0) is 24.5. The molecule has 0 aliphatic carbocycles. The third-order valence-corrected chi connectivity index (χ3v) is 5.54. The number of amides is 3. The fourth-order valence-corrected chi connectivity index (χ4v) is 3.67. The Morgan fingerprint density at radius 1 is 1.06 bits per heavy atom. The van der Waals surface area contributed by atoms with Gasteiger partial charge in [-0.3, -0.25) is 9.59 Å². The monoisotopic (exact) mass is 483 g/mol. The second-order valence-corrected chi connectivity index (χ2v) is 8.05. The van der Waals surface area contributed by atoms with Crippen LogP contribution < -0.4 is 15.8 Å². The first-order valence-corrected chi connectivity index (χ1v) is 11.2. The highest BCUT2D eigenvalue weighted by Crippen LogP contribution is 2.20. The molecule has 3 aromatic rings. The molecule has 1 aromatic heterocycles. The van der Waals surface area contributed by atoms with E-state index >= 15 is 0 Å². The molecule has 3 rings (SSSR count). The van der Waals surface area contributed by atoms with E-state index in [1.807, 2.05) is 36.4 Å². The van der Waals surface area contributed by atoms with E-state index in [1.54, 1.807) is 24.3 Å². The van der Waals surface area contributed by atoms with E-state index in [4.69, 9.17) is 15.2 Å². The van der Waals surface area contributed by atoms with Crippen LogP contribution in [-0.2, 0) is 27.4 Å². The normalized spacial score (nSPS) is 12.3. The third-order valence-electron chi connectivity index (χ3n) is 4.91. The molecule has 1 heterocycles. The molecule has 2 aromatic carbocycles. The molecule has 0 aliphatic rings. The lowest BCUT2D eigenvalue weighted by atomic mass is 10.0. The van der Waals surface area contributed by atoms with Crippen molar-refractivity contribution in [1.29, 1.82) is 0 Å². The number of nitrogens with one attached hydrogen (secondary N) is 1. The minimum Gasteiger partial charge on any atom is -0.466 e. The van der Waals surface area contributed by atoms with Gasteiger partial charge in [-0.1, -0.05) is 60.7 Å². The number of methoxy groups -OCH3 is 1. The van der Waals surface area contributed by atoms with Crippen molar-refractivity contribution in [3.05, 3.63) is 71.8 Å². The van der Waals surface area contributed by atoms with Gasteiger partial charge in [0.25, 0.3) is 5.91 Å². The molecule has 3 N–H and O–H groups in total. The van der Waals surface area contributed by atoms with Crippen molar-refractivity contribution in [3.63, 3.8) is 0 Å². The van der Waals surface area contributed by atoms with Crippen LogP contribution in [0, 0.1) is 0 Å². The zero-order valence-electron chi connectivity index (χ0n) is 18.7. The van der Waals surface area contributed by atoms with Gasteiger partial charge in [-0.05, 0) is 18.1 Å². The van der Waals surface area contributed by atoms with Crippen molar-refractivity contribution in [3.8, 4) is 6.01 Å². The average molecular weight is 484 g/mol. The van der Waals surface area contributed by atoms with E-state index in [0.29, 0.717) is 5.13 Å². The number of imide groups is 1. The number of anilines is 1. The number of ether oxygens (including phenoxy) is 2. The van der Waals surface area contributed by atoms with Gasteiger partial charge < -0.3 is 20.5 Å².